The molecule has 6 N–H and O–H groups in total. The van der Waals surface area contributed by atoms with Gasteiger partial charge in [-0.25, -0.2) is 4.57 Å². The molecule has 8 atom stereocenters. The van der Waals surface area contributed by atoms with Gasteiger partial charge in [0, 0.05) is 19.3 Å². The molecule has 1 fully saturated rings. The summed E-state index contributed by atoms with van der Waals surface area (Å²) in [5.41, 5.74) is 0. The van der Waals surface area contributed by atoms with Crippen molar-refractivity contribution < 1.29 is 67.9 Å². The number of phosphoric acid groups is 1. The maximum atomic E-state index is 12.8. The standard InChI is InChI=1S/C47H77O14P/c1-3-5-7-9-11-12-13-14-15-16-17-18-19-20-22-26-31-35-41(50)60-39(37-59-62(56,57)61-47-45(54)43(52)42(51)44(53)46(47)55)36-58-40(49)34-30-27-23-25-29-33-38(48)32-28-24-21-10-8-6-4-2/h11-12,14-15,17-18,20-22,24,28,32,39,42-47,51-55H,3-10,13,16,19,23,25-27,29-31,33-37H2,1-2H3,(H,56,57)/b12-11-,15-14-,18-17-,22-20-,24-21-,32-28+/t39-,42?,43-,44+,45-,46-,47?/m1/s1. The van der Waals surface area contributed by atoms with Crippen molar-refractivity contribution in [2.75, 3.05) is 13.2 Å². The largest absolute Gasteiger partial charge is 0.472 e. The molecule has 0 aliphatic heterocycles. The van der Waals surface area contributed by atoms with Gasteiger partial charge in [-0.15, -0.1) is 0 Å². The maximum absolute atomic E-state index is 12.8. The molecule has 1 rings (SSSR count). The quantitative estimate of drug-likeness (QED) is 0.00878. The van der Waals surface area contributed by atoms with Gasteiger partial charge in [0.2, 0.25) is 0 Å². The highest BCUT2D eigenvalue weighted by Gasteiger charge is 2.51. The molecule has 15 heteroatoms. The number of phosphoric ester groups is 1. The van der Waals surface area contributed by atoms with Crippen LogP contribution in [0.1, 0.15) is 149 Å². The fourth-order valence-electron chi connectivity index (χ4n) is 6.26. The molecule has 0 amide bonds. The van der Waals surface area contributed by atoms with Gasteiger partial charge in [-0.2, -0.15) is 0 Å². The smallest absolute Gasteiger partial charge is 0.462 e. The number of rotatable bonds is 36. The van der Waals surface area contributed by atoms with Crippen LogP contribution in [0.4, 0.5) is 0 Å². The van der Waals surface area contributed by atoms with Gasteiger partial charge in [0.05, 0.1) is 6.61 Å². The molecule has 1 saturated carbocycles. The first-order valence-corrected chi connectivity index (χ1v) is 24.2. The van der Waals surface area contributed by atoms with E-state index >= 15 is 0 Å². The first kappa shape index (κ1) is 57.0. The van der Waals surface area contributed by atoms with E-state index in [9.17, 15) is 49.4 Å². The van der Waals surface area contributed by atoms with Crippen LogP contribution in [0.5, 0.6) is 0 Å². The summed E-state index contributed by atoms with van der Waals surface area (Å²) in [6, 6.07) is 0. The van der Waals surface area contributed by atoms with Crippen LogP contribution in [-0.4, -0.2) is 104 Å². The number of aliphatic hydroxyl groups is 5. The van der Waals surface area contributed by atoms with Gasteiger partial charge in [0.25, 0.3) is 0 Å². The van der Waals surface area contributed by atoms with Gasteiger partial charge >= 0.3 is 19.8 Å². The lowest BCUT2D eigenvalue weighted by atomic mass is 9.85. The van der Waals surface area contributed by atoms with Crippen LogP contribution in [0.2, 0.25) is 0 Å². The molecule has 0 bridgehead atoms. The second-order valence-electron chi connectivity index (χ2n) is 15.6. The van der Waals surface area contributed by atoms with Crippen molar-refractivity contribution in [3.05, 3.63) is 72.9 Å². The zero-order chi connectivity index (χ0) is 45.9. The molecular weight excluding hydrogens is 819 g/mol. The Balaban J connectivity index is 2.56. The van der Waals surface area contributed by atoms with E-state index < -0.39 is 75.7 Å². The van der Waals surface area contributed by atoms with Crippen molar-refractivity contribution in [3.63, 3.8) is 0 Å². The van der Waals surface area contributed by atoms with Crippen LogP contribution in [0.25, 0.3) is 0 Å². The maximum Gasteiger partial charge on any atom is 0.472 e. The van der Waals surface area contributed by atoms with Crippen LogP contribution in [0.3, 0.4) is 0 Å². The summed E-state index contributed by atoms with van der Waals surface area (Å²) in [6.07, 6.45) is 27.8. The van der Waals surface area contributed by atoms with Crippen molar-refractivity contribution in [2.24, 2.45) is 0 Å². The molecule has 1 aliphatic rings. The van der Waals surface area contributed by atoms with Crippen LogP contribution >= 0.6 is 7.82 Å². The Morgan fingerprint density at radius 2 is 1.03 bits per heavy atom. The Bertz CT molecular complexity index is 1420. The summed E-state index contributed by atoms with van der Waals surface area (Å²) in [4.78, 5) is 47.7. The monoisotopic (exact) mass is 897 g/mol. The Morgan fingerprint density at radius 3 is 1.61 bits per heavy atom. The lowest BCUT2D eigenvalue weighted by Gasteiger charge is -2.41. The number of unbranched alkanes of at least 4 members (excludes halogenated alkanes) is 11. The summed E-state index contributed by atoms with van der Waals surface area (Å²) >= 11 is 0. The minimum atomic E-state index is -5.16. The number of hydrogen-bond donors (Lipinski definition) is 6. The predicted octanol–water partition coefficient (Wildman–Crippen LogP) is 7.90. The minimum Gasteiger partial charge on any atom is -0.462 e. The average Bonchev–Trinajstić information content (AvgIpc) is 3.25. The third kappa shape index (κ3) is 28.6. The molecule has 0 aromatic heterocycles. The zero-order valence-corrected chi connectivity index (χ0v) is 38.0. The summed E-state index contributed by atoms with van der Waals surface area (Å²) in [6.45, 7) is 3.05. The molecule has 3 unspecified atom stereocenters. The van der Waals surface area contributed by atoms with Gasteiger partial charge in [-0.05, 0) is 76.7 Å². The zero-order valence-electron chi connectivity index (χ0n) is 37.1. The first-order valence-electron chi connectivity index (χ1n) is 22.7. The fourth-order valence-corrected chi connectivity index (χ4v) is 7.23. The van der Waals surface area contributed by atoms with Crippen molar-refractivity contribution in [2.45, 2.75) is 191 Å². The molecule has 0 saturated heterocycles. The van der Waals surface area contributed by atoms with E-state index in [1.807, 2.05) is 18.2 Å². The van der Waals surface area contributed by atoms with Crippen molar-refractivity contribution in [1.82, 2.24) is 0 Å². The molecule has 62 heavy (non-hydrogen) atoms. The lowest BCUT2D eigenvalue weighted by Crippen LogP contribution is -2.64. The summed E-state index contributed by atoms with van der Waals surface area (Å²) in [5, 5.41) is 50.1. The Hall–Kier alpha value is -3.04. The molecule has 14 nitrogen and oxygen atoms in total. The number of hydrogen-bond acceptors (Lipinski definition) is 13. The molecule has 0 heterocycles. The molecule has 0 spiro atoms. The van der Waals surface area contributed by atoms with Crippen molar-refractivity contribution in [3.8, 4) is 0 Å². The second kappa shape index (κ2) is 36.3. The number of ether oxygens (including phenoxy) is 2. The van der Waals surface area contributed by atoms with E-state index in [4.69, 9.17) is 18.5 Å². The van der Waals surface area contributed by atoms with Crippen LogP contribution in [0, 0.1) is 0 Å². The van der Waals surface area contributed by atoms with Crippen LogP contribution in [0.15, 0.2) is 72.9 Å². The van der Waals surface area contributed by atoms with Gasteiger partial charge in [-0.3, -0.25) is 23.4 Å². The molecule has 0 aromatic rings. The first-order chi connectivity index (χ1) is 29.8. The van der Waals surface area contributed by atoms with Gasteiger partial charge < -0.3 is 39.9 Å². The Labute approximate surface area is 370 Å². The van der Waals surface area contributed by atoms with E-state index in [-0.39, 0.29) is 18.6 Å². The third-order valence-corrected chi connectivity index (χ3v) is 11.0. The SMILES string of the molecule is CCCCC/C=C\C=C\C(=O)CCCCCCCC(=O)OC[C@H](COP(=O)(O)OC1[C@H](O)[C@H](O)C(O)[C@H](O)[C@H]1O)OC(=O)CCC/C=C\C/C=C\C/C=C\C/C=C\CCCCC. The number of ketones is 1. The summed E-state index contributed by atoms with van der Waals surface area (Å²) in [5.74, 6) is -1.19. The number of carbonyl (C=O) groups excluding carboxylic acids is 3. The molecule has 0 aromatic carbocycles. The number of esters is 2. The second-order valence-corrected chi connectivity index (χ2v) is 17.0. The third-order valence-electron chi connectivity index (χ3n) is 10.00. The summed E-state index contributed by atoms with van der Waals surface area (Å²) < 4.78 is 33.3. The highest BCUT2D eigenvalue weighted by Crippen LogP contribution is 2.47. The van der Waals surface area contributed by atoms with E-state index in [1.54, 1.807) is 12.2 Å². The van der Waals surface area contributed by atoms with Crippen molar-refractivity contribution >= 4 is 25.5 Å². The molecule has 0 radical (unpaired) electrons. The van der Waals surface area contributed by atoms with E-state index in [2.05, 4.69) is 56.4 Å². The number of carbonyl (C=O) groups is 3. The number of aliphatic hydroxyl groups excluding tert-OH is 5. The average molecular weight is 897 g/mol. The topological polar surface area (TPSA) is 227 Å². The van der Waals surface area contributed by atoms with Crippen molar-refractivity contribution in [1.29, 1.82) is 0 Å². The summed E-state index contributed by atoms with van der Waals surface area (Å²) in [7, 11) is -5.16. The normalized spacial score (nSPS) is 22.5. The van der Waals surface area contributed by atoms with Crippen LogP contribution in [-0.2, 0) is 37.5 Å². The molecule has 354 valence electrons. The van der Waals surface area contributed by atoms with Gasteiger partial charge in [0.15, 0.2) is 11.9 Å². The lowest BCUT2D eigenvalue weighted by molar-refractivity contribution is -0.220. The Morgan fingerprint density at radius 1 is 0.548 bits per heavy atom. The fraction of sp³-hybridized carbons (Fsp3) is 0.681. The van der Waals surface area contributed by atoms with E-state index in [0.717, 1.165) is 64.2 Å². The predicted molar refractivity (Wildman–Crippen MR) is 240 cm³/mol. The van der Waals surface area contributed by atoms with Gasteiger partial charge in [-0.1, -0.05) is 126 Å². The minimum absolute atomic E-state index is 0.00756. The highest BCUT2D eigenvalue weighted by atomic mass is 31.2. The molecule has 1 aliphatic carbocycles. The molecular formula is C47H77O14P. The Kier molecular flexibility index (Phi) is 33.4. The van der Waals surface area contributed by atoms with E-state index in [0.29, 0.717) is 25.7 Å². The number of allylic oxidation sites excluding steroid dienone is 12. The van der Waals surface area contributed by atoms with Crippen LogP contribution < -0.4 is 0 Å². The van der Waals surface area contributed by atoms with Gasteiger partial charge in [0.1, 0.15) is 43.2 Å². The van der Waals surface area contributed by atoms with E-state index in [1.165, 1.54) is 32.1 Å². The highest BCUT2D eigenvalue weighted by molar-refractivity contribution is 7.47.